The Morgan fingerprint density at radius 2 is 1.38 bits per heavy atom. The predicted octanol–water partition coefficient (Wildman–Crippen LogP) is 1.38. The molecule has 1 heterocycles. The van der Waals surface area contributed by atoms with Gasteiger partial charge in [-0.1, -0.05) is 12.2 Å². The quantitative estimate of drug-likeness (QED) is 0.468. The maximum Gasteiger partial charge on any atom is -0.00774 e. The van der Waals surface area contributed by atoms with Crippen LogP contribution in [0.4, 0.5) is 0 Å². The molecular formula is C6H6NO-. The van der Waals surface area contributed by atoms with Gasteiger partial charge in [-0.2, -0.15) is 0 Å². The van der Waals surface area contributed by atoms with Gasteiger partial charge in [-0.05, 0) is 24.6 Å². The number of hydrogen-bond acceptors (Lipinski definition) is 2. The molecule has 2 heteroatoms. The first-order valence-corrected chi connectivity index (χ1v) is 2.37. The van der Waals surface area contributed by atoms with Crippen LogP contribution in [-0.4, -0.2) is 5.06 Å². The van der Waals surface area contributed by atoms with Gasteiger partial charge in [0, 0.05) is 0 Å². The van der Waals surface area contributed by atoms with Crippen molar-refractivity contribution in [3.05, 3.63) is 41.9 Å². The molecule has 0 amide bonds. The first-order chi connectivity index (χ1) is 3.89. The average Bonchev–Trinajstić information content (AvgIpc) is 1.94. The summed E-state index contributed by atoms with van der Waals surface area (Å²) in [5.41, 5.74) is 0. The lowest BCUT2D eigenvalue weighted by molar-refractivity contribution is 0.700. The molecule has 1 aliphatic rings. The monoisotopic (exact) mass is 108 g/mol. The Labute approximate surface area is 48.0 Å². The van der Waals surface area contributed by atoms with E-state index in [1.54, 1.807) is 24.3 Å². The van der Waals surface area contributed by atoms with Crippen molar-refractivity contribution in [2.45, 2.75) is 0 Å². The Morgan fingerprint density at radius 1 is 0.875 bits per heavy atom. The molecule has 0 spiro atoms. The van der Waals surface area contributed by atoms with E-state index in [0.29, 0.717) is 0 Å². The molecule has 0 radical (unpaired) electrons. The van der Waals surface area contributed by atoms with E-state index in [2.05, 4.69) is 0 Å². The van der Waals surface area contributed by atoms with Crippen LogP contribution in [-0.2, 0) is 0 Å². The van der Waals surface area contributed by atoms with Gasteiger partial charge in [0.05, 0.1) is 0 Å². The molecule has 0 saturated heterocycles. The summed E-state index contributed by atoms with van der Waals surface area (Å²) in [7, 11) is 0. The van der Waals surface area contributed by atoms with Crippen LogP contribution in [0.15, 0.2) is 36.7 Å². The highest BCUT2D eigenvalue weighted by molar-refractivity contribution is 5.15. The van der Waals surface area contributed by atoms with Crippen LogP contribution < -0.4 is 0 Å². The largest absolute Gasteiger partial charge is 0.755 e. The van der Waals surface area contributed by atoms with Gasteiger partial charge in [0.15, 0.2) is 0 Å². The third-order valence-corrected chi connectivity index (χ3v) is 0.799. The van der Waals surface area contributed by atoms with Crippen LogP contribution in [0.1, 0.15) is 0 Å². The van der Waals surface area contributed by atoms with E-state index in [-0.39, 0.29) is 0 Å². The molecule has 0 bridgehead atoms. The Hall–Kier alpha value is -1.02. The number of hydroxylamine groups is 2. The molecule has 0 aromatic carbocycles. The normalized spacial score (nSPS) is 16.9. The lowest BCUT2D eigenvalue weighted by Crippen LogP contribution is -1.93. The second kappa shape index (κ2) is 2.33. The van der Waals surface area contributed by atoms with E-state index >= 15 is 0 Å². The second-order valence-electron chi connectivity index (χ2n) is 1.43. The summed E-state index contributed by atoms with van der Waals surface area (Å²) < 4.78 is 0. The fourth-order valence-electron chi connectivity index (χ4n) is 0.447. The van der Waals surface area contributed by atoms with E-state index in [4.69, 9.17) is 0 Å². The smallest absolute Gasteiger partial charge is 0.00774 e. The Balaban J connectivity index is 2.66. The fourth-order valence-corrected chi connectivity index (χ4v) is 0.447. The summed E-state index contributed by atoms with van der Waals surface area (Å²) in [6.07, 6.45) is 9.86. The van der Waals surface area contributed by atoms with Crippen molar-refractivity contribution >= 4 is 0 Å². The summed E-state index contributed by atoms with van der Waals surface area (Å²) in [5.74, 6) is 0. The van der Waals surface area contributed by atoms with Crippen molar-refractivity contribution in [2.24, 2.45) is 0 Å². The van der Waals surface area contributed by atoms with Gasteiger partial charge in [0.1, 0.15) is 0 Å². The molecule has 0 atom stereocenters. The summed E-state index contributed by atoms with van der Waals surface area (Å²) in [4.78, 5) is 0. The van der Waals surface area contributed by atoms with Gasteiger partial charge in [-0.3, -0.25) is 0 Å². The molecule has 2 nitrogen and oxygen atoms in total. The standard InChI is InChI=1S/C6H6NO/c8-7-5-3-1-2-4-6-7/h1-6H/q-1. The minimum absolute atomic E-state index is 0.750. The first-order valence-electron chi connectivity index (χ1n) is 2.37. The summed E-state index contributed by atoms with van der Waals surface area (Å²) >= 11 is 0. The molecule has 0 aliphatic carbocycles. The van der Waals surface area contributed by atoms with Gasteiger partial charge in [-0.25, -0.2) is 0 Å². The minimum Gasteiger partial charge on any atom is -0.755 e. The second-order valence-corrected chi connectivity index (χ2v) is 1.43. The summed E-state index contributed by atoms with van der Waals surface area (Å²) in [6, 6.07) is 0. The Kier molecular flexibility index (Phi) is 1.49. The average molecular weight is 108 g/mol. The van der Waals surface area contributed by atoms with Crippen LogP contribution in [0.5, 0.6) is 0 Å². The predicted molar refractivity (Wildman–Crippen MR) is 32.6 cm³/mol. The zero-order chi connectivity index (χ0) is 5.82. The van der Waals surface area contributed by atoms with Gasteiger partial charge in [-0.15, -0.1) is 0 Å². The zero-order valence-corrected chi connectivity index (χ0v) is 4.32. The molecule has 42 valence electrons. The molecule has 0 aromatic rings. The van der Waals surface area contributed by atoms with Crippen molar-refractivity contribution in [2.75, 3.05) is 0 Å². The van der Waals surface area contributed by atoms with E-state index < -0.39 is 0 Å². The van der Waals surface area contributed by atoms with E-state index in [1.807, 2.05) is 0 Å². The number of nitrogens with zero attached hydrogens (tertiary/aromatic N) is 1. The molecule has 0 saturated carbocycles. The Bertz CT molecular complexity index is 131. The van der Waals surface area contributed by atoms with Crippen LogP contribution in [0.25, 0.3) is 0 Å². The molecule has 1 aliphatic heterocycles. The van der Waals surface area contributed by atoms with E-state index in [1.165, 1.54) is 12.4 Å². The maximum absolute atomic E-state index is 10.4. The van der Waals surface area contributed by atoms with E-state index in [9.17, 15) is 5.21 Å². The lowest BCUT2D eigenvalue weighted by atomic mass is 10.5. The fraction of sp³-hybridized carbons (Fsp3) is 0. The molecule has 0 unspecified atom stereocenters. The van der Waals surface area contributed by atoms with Crippen LogP contribution in [0.3, 0.4) is 0 Å². The maximum atomic E-state index is 10.4. The molecule has 0 N–H and O–H groups in total. The first kappa shape index (κ1) is 5.12. The highest BCUT2D eigenvalue weighted by atomic mass is 16.5. The van der Waals surface area contributed by atoms with Crippen molar-refractivity contribution < 1.29 is 0 Å². The van der Waals surface area contributed by atoms with E-state index in [0.717, 1.165) is 5.06 Å². The molecule has 8 heavy (non-hydrogen) atoms. The van der Waals surface area contributed by atoms with Gasteiger partial charge >= 0.3 is 0 Å². The topological polar surface area (TPSA) is 26.3 Å². The van der Waals surface area contributed by atoms with Crippen LogP contribution in [0, 0.1) is 5.21 Å². The van der Waals surface area contributed by atoms with Crippen molar-refractivity contribution in [1.29, 1.82) is 0 Å². The number of rotatable bonds is 0. The summed E-state index contributed by atoms with van der Waals surface area (Å²) in [5, 5.41) is 11.1. The Morgan fingerprint density at radius 3 is 1.88 bits per heavy atom. The third kappa shape index (κ3) is 1.24. The molecule has 0 fully saturated rings. The zero-order valence-electron chi connectivity index (χ0n) is 4.32. The van der Waals surface area contributed by atoms with Crippen molar-refractivity contribution in [3.8, 4) is 0 Å². The van der Waals surface area contributed by atoms with Gasteiger partial charge in [0.25, 0.3) is 0 Å². The number of hydrogen-bond donors (Lipinski definition) is 0. The SMILES string of the molecule is [O-]N1C=CC=CC=C1. The third-order valence-electron chi connectivity index (χ3n) is 0.799. The van der Waals surface area contributed by atoms with Crippen molar-refractivity contribution in [1.82, 2.24) is 5.06 Å². The van der Waals surface area contributed by atoms with Crippen LogP contribution in [0.2, 0.25) is 0 Å². The van der Waals surface area contributed by atoms with Gasteiger partial charge in [0.2, 0.25) is 0 Å². The van der Waals surface area contributed by atoms with Gasteiger partial charge < -0.3 is 10.3 Å². The number of allylic oxidation sites excluding steroid dienone is 4. The van der Waals surface area contributed by atoms with Crippen molar-refractivity contribution in [3.63, 3.8) is 0 Å². The molecule has 0 aromatic heterocycles. The highest BCUT2D eigenvalue weighted by Gasteiger charge is 1.73. The molecule has 1 rings (SSSR count). The van der Waals surface area contributed by atoms with Crippen LogP contribution >= 0.6 is 0 Å². The molecular weight excluding hydrogens is 102 g/mol. The minimum atomic E-state index is 0.750. The summed E-state index contributed by atoms with van der Waals surface area (Å²) in [6.45, 7) is 0. The lowest BCUT2D eigenvalue weighted by Gasteiger charge is -2.18. The highest BCUT2D eigenvalue weighted by Crippen LogP contribution is 1.93.